The molecule has 0 aliphatic carbocycles. The van der Waals surface area contributed by atoms with Crippen LogP contribution in [-0.2, 0) is 0 Å². The molecule has 5 rings (SSSR count). The van der Waals surface area contributed by atoms with Crippen LogP contribution in [0.1, 0.15) is 46.6 Å². The van der Waals surface area contributed by atoms with Gasteiger partial charge in [0.1, 0.15) is 5.75 Å². The molecule has 0 unspecified atom stereocenters. The number of fused-ring (bicyclic) bond motifs is 1. The van der Waals surface area contributed by atoms with Crippen molar-refractivity contribution in [1.29, 1.82) is 0 Å². The molecule has 0 amide bonds. The molecule has 0 radical (unpaired) electrons. The quantitative estimate of drug-likeness (QED) is 0.435. The van der Waals surface area contributed by atoms with Gasteiger partial charge in [0.05, 0.1) is 17.9 Å². The summed E-state index contributed by atoms with van der Waals surface area (Å²) in [5.74, 6) is 0.161. The van der Waals surface area contributed by atoms with Crippen LogP contribution in [-0.4, -0.2) is 41.1 Å². The number of pyridine rings is 1. The first-order valence-corrected chi connectivity index (χ1v) is 10.9. The van der Waals surface area contributed by atoms with E-state index in [0.717, 1.165) is 35.0 Å². The first-order chi connectivity index (χ1) is 15.2. The zero-order chi connectivity index (χ0) is 22.5. The van der Waals surface area contributed by atoms with Crippen molar-refractivity contribution < 1.29 is 5.11 Å². The Kier molecular flexibility index (Phi) is 5.88. The summed E-state index contributed by atoms with van der Waals surface area (Å²) < 4.78 is 2.02. The Balaban J connectivity index is 0.00000259. The molecule has 172 valence electrons. The fourth-order valence-corrected chi connectivity index (χ4v) is 5.15. The van der Waals surface area contributed by atoms with Crippen molar-refractivity contribution in [3.05, 3.63) is 55.0 Å². The van der Waals surface area contributed by atoms with Crippen molar-refractivity contribution in [3.63, 3.8) is 0 Å². The molecule has 0 bridgehead atoms. The summed E-state index contributed by atoms with van der Waals surface area (Å²) in [6.07, 6.45) is 7.28. The molecule has 1 aliphatic heterocycles. The molecule has 1 saturated heterocycles. The molecule has 33 heavy (non-hydrogen) atoms. The van der Waals surface area contributed by atoms with E-state index in [2.05, 4.69) is 53.3 Å². The smallest absolute Gasteiger partial charge is 0.180 e. The third-order valence-electron chi connectivity index (χ3n) is 6.12. The van der Waals surface area contributed by atoms with Gasteiger partial charge in [-0.1, -0.05) is 12.1 Å². The minimum Gasteiger partial charge on any atom is -0.507 e. The average molecular weight is 465 g/mol. The fourth-order valence-electron chi connectivity index (χ4n) is 5.15. The Hall–Kier alpha value is -3.03. The lowest BCUT2D eigenvalue weighted by molar-refractivity contribution is 0.128. The Morgan fingerprint density at radius 3 is 2.39 bits per heavy atom. The molecule has 0 spiro atoms. The van der Waals surface area contributed by atoms with Gasteiger partial charge < -0.3 is 10.4 Å². The van der Waals surface area contributed by atoms with Crippen LogP contribution in [0, 0.1) is 0 Å². The molecule has 4 aromatic rings. The molecular weight excluding hydrogens is 436 g/mol. The lowest BCUT2D eigenvalue weighted by Gasteiger charge is -2.46. The molecule has 1 aliphatic rings. The van der Waals surface area contributed by atoms with Crippen LogP contribution in [0.3, 0.4) is 0 Å². The van der Waals surface area contributed by atoms with Gasteiger partial charge in [-0.25, -0.2) is 4.68 Å². The summed E-state index contributed by atoms with van der Waals surface area (Å²) in [6, 6.07) is 11.6. The molecule has 3 aromatic heterocycles. The summed E-state index contributed by atoms with van der Waals surface area (Å²) in [6.45, 7) is 8.92. The molecule has 7 nitrogen and oxygen atoms in total. The van der Waals surface area contributed by atoms with Gasteiger partial charge in [-0.2, -0.15) is 5.10 Å². The topological polar surface area (TPSA) is 88.8 Å². The van der Waals surface area contributed by atoms with Crippen LogP contribution in [0.4, 0.5) is 0 Å². The van der Waals surface area contributed by atoms with E-state index in [1.165, 1.54) is 0 Å². The van der Waals surface area contributed by atoms with E-state index >= 15 is 0 Å². The van der Waals surface area contributed by atoms with Gasteiger partial charge in [-0.05, 0) is 70.4 Å². The summed E-state index contributed by atoms with van der Waals surface area (Å²) in [7, 11) is 0. The third kappa shape index (κ3) is 4.56. The number of phenolic OH excluding ortho intramolecular Hbond substituents is 1. The van der Waals surface area contributed by atoms with Gasteiger partial charge in [-0.3, -0.25) is 4.98 Å². The Morgan fingerprint density at radius 1 is 0.970 bits per heavy atom. The largest absolute Gasteiger partial charge is 0.507 e. The van der Waals surface area contributed by atoms with E-state index in [-0.39, 0.29) is 35.3 Å². The number of phenols is 1. The number of aromatic hydroxyl groups is 1. The zero-order valence-corrected chi connectivity index (χ0v) is 20.1. The van der Waals surface area contributed by atoms with Crippen LogP contribution < -0.4 is 5.32 Å². The van der Waals surface area contributed by atoms with E-state index in [9.17, 15) is 5.11 Å². The maximum absolute atomic E-state index is 10.7. The lowest BCUT2D eigenvalue weighted by atomic mass is 9.79. The first-order valence-electron chi connectivity index (χ1n) is 10.9. The van der Waals surface area contributed by atoms with E-state index in [1.807, 2.05) is 41.2 Å². The number of hydrogen-bond acceptors (Lipinski definition) is 6. The SMILES string of the molecule is CC1(C)CC(n2ncc3cc(-c4ccc(-c5cccnc5)cc4O)nnc32)CC(C)(C)N1.Cl. The second-order valence-corrected chi connectivity index (χ2v) is 10.0. The fraction of sp³-hybridized carbons (Fsp3) is 0.360. The second kappa shape index (κ2) is 8.39. The highest BCUT2D eigenvalue weighted by atomic mass is 35.5. The number of rotatable bonds is 3. The minimum absolute atomic E-state index is 0. The van der Waals surface area contributed by atoms with Crippen molar-refractivity contribution >= 4 is 23.4 Å². The van der Waals surface area contributed by atoms with Crippen molar-refractivity contribution in [1.82, 2.24) is 30.3 Å². The normalized spacial score (nSPS) is 17.6. The zero-order valence-electron chi connectivity index (χ0n) is 19.3. The van der Waals surface area contributed by atoms with Crippen molar-refractivity contribution in [2.24, 2.45) is 0 Å². The number of piperidine rings is 1. The average Bonchev–Trinajstić information content (AvgIpc) is 3.15. The highest BCUT2D eigenvalue weighted by Crippen LogP contribution is 2.37. The van der Waals surface area contributed by atoms with Crippen LogP contribution in [0.25, 0.3) is 33.4 Å². The number of nitrogens with zero attached hydrogens (tertiary/aromatic N) is 5. The van der Waals surface area contributed by atoms with Crippen molar-refractivity contribution in [3.8, 4) is 28.1 Å². The minimum atomic E-state index is 0. The monoisotopic (exact) mass is 464 g/mol. The van der Waals surface area contributed by atoms with Crippen LogP contribution in [0.15, 0.2) is 55.0 Å². The van der Waals surface area contributed by atoms with Gasteiger partial charge in [0, 0.05) is 40.0 Å². The van der Waals surface area contributed by atoms with Gasteiger partial charge >= 0.3 is 0 Å². The highest BCUT2D eigenvalue weighted by molar-refractivity contribution is 5.85. The van der Waals surface area contributed by atoms with E-state index < -0.39 is 0 Å². The van der Waals surface area contributed by atoms with Crippen LogP contribution >= 0.6 is 12.4 Å². The standard InChI is InChI=1S/C25H28N6O.ClH/c1-24(2)12-19(13-25(3,4)30-24)31-23-18(15-27-31)10-21(28-29-23)20-8-7-16(11-22(20)32)17-6-5-9-26-14-17;/h5-11,14-15,19,30,32H,12-13H2,1-4H3;1H. The van der Waals surface area contributed by atoms with Gasteiger partial charge in [0.25, 0.3) is 0 Å². The third-order valence-corrected chi connectivity index (χ3v) is 6.12. The predicted molar refractivity (Wildman–Crippen MR) is 132 cm³/mol. The molecular formula is C25H29ClN6O. The molecule has 8 heteroatoms. The van der Waals surface area contributed by atoms with Crippen molar-refractivity contribution in [2.45, 2.75) is 57.7 Å². The summed E-state index contributed by atoms with van der Waals surface area (Å²) in [4.78, 5) is 4.15. The highest BCUT2D eigenvalue weighted by Gasteiger charge is 2.39. The number of halogens is 1. The molecule has 1 fully saturated rings. The summed E-state index contributed by atoms with van der Waals surface area (Å²) >= 11 is 0. The number of aromatic nitrogens is 5. The van der Waals surface area contributed by atoms with Gasteiger partial charge in [0.15, 0.2) is 5.65 Å². The van der Waals surface area contributed by atoms with E-state index in [1.54, 1.807) is 18.5 Å². The Labute approximate surface area is 199 Å². The van der Waals surface area contributed by atoms with Crippen molar-refractivity contribution in [2.75, 3.05) is 0 Å². The maximum atomic E-state index is 10.7. The number of hydrogen-bond donors (Lipinski definition) is 2. The lowest BCUT2D eigenvalue weighted by Crippen LogP contribution is -2.58. The summed E-state index contributed by atoms with van der Waals surface area (Å²) in [5.41, 5.74) is 3.92. The first kappa shape index (κ1) is 23.1. The molecule has 4 heterocycles. The number of benzene rings is 1. The molecule has 2 N–H and O–H groups in total. The maximum Gasteiger partial charge on any atom is 0.180 e. The van der Waals surface area contributed by atoms with E-state index in [0.29, 0.717) is 11.3 Å². The second-order valence-electron chi connectivity index (χ2n) is 10.0. The van der Waals surface area contributed by atoms with Gasteiger partial charge in [0.2, 0.25) is 0 Å². The van der Waals surface area contributed by atoms with Gasteiger partial charge in [-0.15, -0.1) is 22.6 Å². The van der Waals surface area contributed by atoms with Crippen LogP contribution in [0.5, 0.6) is 5.75 Å². The molecule has 0 atom stereocenters. The Bertz CT molecular complexity index is 1270. The predicted octanol–water partition coefficient (Wildman–Crippen LogP) is 5.16. The van der Waals surface area contributed by atoms with Crippen LogP contribution in [0.2, 0.25) is 0 Å². The summed E-state index contributed by atoms with van der Waals surface area (Å²) in [5, 5.41) is 29.0. The Morgan fingerprint density at radius 2 is 1.73 bits per heavy atom. The molecule has 0 saturated carbocycles. The molecule has 1 aromatic carbocycles. The van der Waals surface area contributed by atoms with E-state index in [4.69, 9.17) is 0 Å². The number of nitrogens with one attached hydrogen (secondary N) is 1.